The van der Waals surface area contributed by atoms with Crippen LogP contribution in [0.2, 0.25) is 0 Å². The summed E-state index contributed by atoms with van der Waals surface area (Å²) in [4.78, 5) is 13.9. The summed E-state index contributed by atoms with van der Waals surface area (Å²) in [5.74, 6) is 0.600. The minimum atomic E-state index is 0. The molecule has 1 fully saturated rings. The van der Waals surface area contributed by atoms with Crippen LogP contribution in [0.3, 0.4) is 0 Å². The van der Waals surface area contributed by atoms with Crippen molar-refractivity contribution >= 4 is 18.3 Å². The van der Waals surface area contributed by atoms with Gasteiger partial charge in [0.1, 0.15) is 0 Å². The second-order valence-electron chi connectivity index (χ2n) is 5.24. The standard InChI is InChI=1S/C12H25N3O.ClH/c1-9(2)10(3)14-12(16)8-15-6-4-5-11(13)7-15;/h9-11H,4-8,13H2,1-3H3,(H,14,16);1H. The zero-order valence-corrected chi connectivity index (χ0v) is 11.9. The van der Waals surface area contributed by atoms with Crippen molar-refractivity contribution in [2.45, 2.75) is 45.7 Å². The van der Waals surface area contributed by atoms with E-state index in [0.29, 0.717) is 12.5 Å². The van der Waals surface area contributed by atoms with Gasteiger partial charge in [-0.05, 0) is 32.2 Å². The first-order chi connectivity index (χ1) is 7.49. The monoisotopic (exact) mass is 263 g/mol. The van der Waals surface area contributed by atoms with Gasteiger partial charge < -0.3 is 11.1 Å². The molecule has 1 amide bonds. The molecule has 1 aliphatic heterocycles. The van der Waals surface area contributed by atoms with Crippen LogP contribution in [0.4, 0.5) is 0 Å². The lowest BCUT2D eigenvalue weighted by molar-refractivity contribution is -0.123. The largest absolute Gasteiger partial charge is 0.352 e. The first kappa shape index (κ1) is 16.7. The van der Waals surface area contributed by atoms with E-state index >= 15 is 0 Å². The molecule has 17 heavy (non-hydrogen) atoms. The molecule has 0 radical (unpaired) electrons. The Morgan fingerprint density at radius 2 is 2.12 bits per heavy atom. The van der Waals surface area contributed by atoms with Gasteiger partial charge >= 0.3 is 0 Å². The third-order valence-electron chi connectivity index (χ3n) is 3.30. The fourth-order valence-electron chi connectivity index (χ4n) is 1.90. The van der Waals surface area contributed by atoms with Crippen molar-refractivity contribution in [3.8, 4) is 0 Å². The molecule has 0 aromatic carbocycles. The third kappa shape index (κ3) is 6.24. The van der Waals surface area contributed by atoms with E-state index in [4.69, 9.17) is 5.73 Å². The molecule has 0 aromatic rings. The van der Waals surface area contributed by atoms with E-state index in [1.54, 1.807) is 0 Å². The molecule has 0 aromatic heterocycles. The van der Waals surface area contributed by atoms with Gasteiger partial charge in [0.2, 0.25) is 5.91 Å². The van der Waals surface area contributed by atoms with Gasteiger partial charge in [0, 0.05) is 18.6 Å². The lowest BCUT2D eigenvalue weighted by Gasteiger charge is -2.30. The van der Waals surface area contributed by atoms with Gasteiger partial charge in [-0.1, -0.05) is 13.8 Å². The summed E-state index contributed by atoms with van der Waals surface area (Å²) in [5.41, 5.74) is 5.88. The van der Waals surface area contributed by atoms with Crippen LogP contribution in [0.25, 0.3) is 0 Å². The fraction of sp³-hybridized carbons (Fsp3) is 0.917. The zero-order chi connectivity index (χ0) is 12.1. The van der Waals surface area contributed by atoms with Crippen LogP contribution in [-0.2, 0) is 4.79 Å². The van der Waals surface area contributed by atoms with E-state index in [1.165, 1.54) is 0 Å². The molecule has 2 atom stereocenters. The molecule has 0 bridgehead atoms. The SMILES string of the molecule is CC(C)C(C)NC(=O)CN1CCCC(N)C1.Cl. The maximum Gasteiger partial charge on any atom is 0.234 e. The number of nitrogens with zero attached hydrogens (tertiary/aromatic N) is 1. The van der Waals surface area contributed by atoms with Crippen molar-refractivity contribution in [3.63, 3.8) is 0 Å². The number of nitrogens with one attached hydrogen (secondary N) is 1. The highest BCUT2D eigenvalue weighted by Gasteiger charge is 2.19. The number of hydrogen-bond acceptors (Lipinski definition) is 3. The number of piperidine rings is 1. The molecule has 0 saturated carbocycles. The normalized spacial score (nSPS) is 23.0. The number of halogens is 1. The summed E-state index contributed by atoms with van der Waals surface area (Å²) in [6, 6.07) is 0.482. The van der Waals surface area contributed by atoms with Crippen molar-refractivity contribution < 1.29 is 4.79 Å². The average Bonchev–Trinajstić information content (AvgIpc) is 2.16. The molecule has 1 saturated heterocycles. The second kappa shape index (κ2) is 7.90. The molecule has 5 heteroatoms. The van der Waals surface area contributed by atoms with Crippen molar-refractivity contribution in [2.75, 3.05) is 19.6 Å². The molecule has 0 aliphatic carbocycles. The first-order valence-corrected chi connectivity index (χ1v) is 6.26. The van der Waals surface area contributed by atoms with E-state index in [-0.39, 0.29) is 30.4 Å². The van der Waals surface area contributed by atoms with Crippen LogP contribution in [0.5, 0.6) is 0 Å². The Morgan fingerprint density at radius 1 is 1.47 bits per heavy atom. The lowest BCUT2D eigenvalue weighted by atomic mass is 10.1. The van der Waals surface area contributed by atoms with Crippen LogP contribution in [0.15, 0.2) is 0 Å². The Hall–Kier alpha value is -0.320. The Morgan fingerprint density at radius 3 is 2.65 bits per heavy atom. The van der Waals surface area contributed by atoms with Gasteiger partial charge in [0.25, 0.3) is 0 Å². The predicted octanol–water partition coefficient (Wildman–Crippen LogP) is 0.992. The number of carbonyl (C=O) groups is 1. The van der Waals surface area contributed by atoms with Crippen LogP contribution in [-0.4, -0.2) is 42.5 Å². The average molecular weight is 264 g/mol. The second-order valence-corrected chi connectivity index (χ2v) is 5.24. The van der Waals surface area contributed by atoms with Crippen molar-refractivity contribution in [1.82, 2.24) is 10.2 Å². The summed E-state index contributed by atoms with van der Waals surface area (Å²) in [7, 11) is 0. The summed E-state index contributed by atoms with van der Waals surface area (Å²) >= 11 is 0. The fourth-order valence-corrected chi connectivity index (χ4v) is 1.90. The molecule has 3 N–H and O–H groups in total. The third-order valence-corrected chi connectivity index (χ3v) is 3.30. The summed E-state index contributed by atoms with van der Waals surface area (Å²) in [6.45, 7) is 8.61. The smallest absolute Gasteiger partial charge is 0.234 e. The van der Waals surface area contributed by atoms with Gasteiger partial charge in [-0.3, -0.25) is 9.69 Å². The Labute approximate surface area is 111 Å². The molecule has 102 valence electrons. The molecular formula is C12H26ClN3O. The maximum absolute atomic E-state index is 11.7. The highest BCUT2D eigenvalue weighted by molar-refractivity contribution is 5.85. The van der Waals surface area contributed by atoms with E-state index in [2.05, 4.69) is 24.1 Å². The Kier molecular flexibility index (Phi) is 7.75. The number of rotatable bonds is 4. The minimum Gasteiger partial charge on any atom is -0.352 e. The quantitative estimate of drug-likeness (QED) is 0.795. The van der Waals surface area contributed by atoms with Crippen LogP contribution in [0, 0.1) is 5.92 Å². The lowest BCUT2D eigenvalue weighted by Crippen LogP contribution is -2.48. The zero-order valence-electron chi connectivity index (χ0n) is 11.1. The topological polar surface area (TPSA) is 58.4 Å². The summed E-state index contributed by atoms with van der Waals surface area (Å²) in [5, 5.41) is 3.02. The molecular weight excluding hydrogens is 238 g/mol. The number of likely N-dealkylation sites (tertiary alicyclic amines) is 1. The predicted molar refractivity (Wildman–Crippen MR) is 73.3 cm³/mol. The molecule has 4 nitrogen and oxygen atoms in total. The molecule has 2 unspecified atom stereocenters. The van der Waals surface area contributed by atoms with Gasteiger partial charge in [0.05, 0.1) is 6.54 Å². The highest BCUT2D eigenvalue weighted by Crippen LogP contribution is 2.07. The van der Waals surface area contributed by atoms with E-state index in [9.17, 15) is 4.79 Å². The van der Waals surface area contributed by atoms with Crippen LogP contribution in [0.1, 0.15) is 33.6 Å². The van der Waals surface area contributed by atoms with Crippen molar-refractivity contribution in [3.05, 3.63) is 0 Å². The van der Waals surface area contributed by atoms with E-state index in [0.717, 1.165) is 25.9 Å². The number of amides is 1. The van der Waals surface area contributed by atoms with Gasteiger partial charge in [-0.25, -0.2) is 0 Å². The van der Waals surface area contributed by atoms with Crippen molar-refractivity contribution in [1.29, 1.82) is 0 Å². The minimum absolute atomic E-state index is 0. The van der Waals surface area contributed by atoms with Crippen molar-refractivity contribution in [2.24, 2.45) is 11.7 Å². The van der Waals surface area contributed by atoms with Gasteiger partial charge in [-0.15, -0.1) is 12.4 Å². The van der Waals surface area contributed by atoms with E-state index < -0.39 is 0 Å². The van der Waals surface area contributed by atoms with Gasteiger partial charge in [0.15, 0.2) is 0 Å². The first-order valence-electron chi connectivity index (χ1n) is 6.26. The van der Waals surface area contributed by atoms with E-state index in [1.807, 2.05) is 6.92 Å². The Bertz CT molecular complexity index is 236. The number of carbonyl (C=O) groups excluding carboxylic acids is 1. The number of nitrogens with two attached hydrogens (primary N) is 1. The van der Waals surface area contributed by atoms with Gasteiger partial charge in [-0.2, -0.15) is 0 Å². The summed E-state index contributed by atoms with van der Waals surface area (Å²) in [6.07, 6.45) is 2.19. The highest BCUT2D eigenvalue weighted by atomic mass is 35.5. The molecule has 1 rings (SSSR count). The maximum atomic E-state index is 11.7. The van der Waals surface area contributed by atoms with Crippen LogP contribution >= 0.6 is 12.4 Å². The number of hydrogen-bond donors (Lipinski definition) is 2. The molecule has 1 heterocycles. The molecule has 0 spiro atoms. The summed E-state index contributed by atoms with van der Waals surface area (Å²) < 4.78 is 0. The Balaban J connectivity index is 0.00000256. The van der Waals surface area contributed by atoms with Crippen LogP contribution < -0.4 is 11.1 Å². The molecule has 1 aliphatic rings.